The summed E-state index contributed by atoms with van der Waals surface area (Å²) in [6, 6.07) is 71.5. The van der Waals surface area contributed by atoms with E-state index in [9.17, 15) is 0 Å². The van der Waals surface area contributed by atoms with Crippen molar-refractivity contribution in [2.75, 3.05) is 0 Å². The first-order valence-electron chi connectivity index (χ1n) is 18.9. The van der Waals surface area contributed by atoms with Gasteiger partial charge >= 0.3 is 0 Å². The van der Waals surface area contributed by atoms with Crippen LogP contribution in [0.3, 0.4) is 0 Å². The van der Waals surface area contributed by atoms with Gasteiger partial charge in [0.1, 0.15) is 0 Å². The molecule has 0 unspecified atom stereocenters. The maximum absolute atomic E-state index is 5.28. The number of rotatable bonds is 6. The highest BCUT2D eigenvalue weighted by molar-refractivity contribution is 7.26. The minimum Gasteiger partial charge on any atom is -0.309 e. The smallest absolute Gasteiger partial charge is 0.160 e. The standard InChI is InChI=1S/C52H33N3S/c1-4-15-34(16-5-1)46-33-47(35-17-6-2-7-18-35)54-52(53-46)39-30-37(29-38(31-39)41-23-14-24-44-43-22-11-13-26-50(43)56-51(41)44)36-27-28-49-45(32-36)42-21-10-12-25-48(42)55(49)40-19-8-3-9-20-40/h1-33H. The van der Waals surface area contributed by atoms with Crippen molar-refractivity contribution in [3.05, 3.63) is 200 Å². The topological polar surface area (TPSA) is 30.7 Å². The third-order valence-corrected chi connectivity index (χ3v) is 12.0. The Balaban J connectivity index is 1.17. The van der Waals surface area contributed by atoms with E-state index in [1.54, 1.807) is 0 Å². The maximum Gasteiger partial charge on any atom is 0.160 e. The van der Waals surface area contributed by atoms with E-state index in [1.807, 2.05) is 23.5 Å². The molecule has 0 atom stereocenters. The second kappa shape index (κ2) is 13.3. The number of para-hydroxylation sites is 2. The largest absolute Gasteiger partial charge is 0.309 e. The van der Waals surface area contributed by atoms with Crippen LogP contribution in [0.5, 0.6) is 0 Å². The van der Waals surface area contributed by atoms with Gasteiger partial charge in [-0.2, -0.15) is 0 Å². The fourth-order valence-corrected chi connectivity index (χ4v) is 9.39. The van der Waals surface area contributed by atoms with Gasteiger partial charge in [0.05, 0.1) is 22.4 Å². The molecule has 0 bridgehead atoms. The Kier molecular flexibility index (Phi) is 7.68. The molecule has 3 aromatic heterocycles. The van der Waals surface area contributed by atoms with Gasteiger partial charge in [-0.25, -0.2) is 9.97 Å². The monoisotopic (exact) mass is 731 g/mol. The average molecular weight is 732 g/mol. The quantitative estimate of drug-likeness (QED) is 0.170. The summed E-state index contributed by atoms with van der Waals surface area (Å²) in [5.74, 6) is 0.693. The molecule has 0 aliphatic carbocycles. The van der Waals surface area contributed by atoms with Gasteiger partial charge in [-0.3, -0.25) is 0 Å². The molecule has 0 amide bonds. The summed E-state index contributed by atoms with van der Waals surface area (Å²) in [6.45, 7) is 0. The van der Waals surface area contributed by atoms with Gasteiger partial charge in [0, 0.05) is 53.3 Å². The molecule has 56 heavy (non-hydrogen) atoms. The fraction of sp³-hybridized carbons (Fsp3) is 0. The molecular weight excluding hydrogens is 699 g/mol. The van der Waals surface area contributed by atoms with Gasteiger partial charge in [0.15, 0.2) is 5.82 Å². The van der Waals surface area contributed by atoms with Crippen molar-refractivity contribution in [3.63, 3.8) is 0 Å². The molecule has 0 aliphatic heterocycles. The van der Waals surface area contributed by atoms with Crippen LogP contribution in [0.15, 0.2) is 200 Å². The molecule has 262 valence electrons. The van der Waals surface area contributed by atoms with Crippen LogP contribution in [0.4, 0.5) is 0 Å². The van der Waals surface area contributed by atoms with Crippen molar-refractivity contribution in [2.45, 2.75) is 0 Å². The molecule has 11 rings (SSSR count). The first-order valence-corrected chi connectivity index (χ1v) is 19.7. The zero-order chi connectivity index (χ0) is 37.0. The zero-order valence-electron chi connectivity index (χ0n) is 30.3. The highest BCUT2D eigenvalue weighted by Crippen LogP contribution is 2.43. The summed E-state index contributed by atoms with van der Waals surface area (Å²) in [5.41, 5.74) is 13.0. The summed E-state index contributed by atoms with van der Waals surface area (Å²) >= 11 is 1.86. The third-order valence-electron chi connectivity index (χ3n) is 10.8. The minimum atomic E-state index is 0.693. The van der Waals surface area contributed by atoms with E-state index in [2.05, 4.69) is 193 Å². The summed E-state index contributed by atoms with van der Waals surface area (Å²) in [7, 11) is 0. The van der Waals surface area contributed by atoms with E-state index in [0.717, 1.165) is 50.5 Å². The number of hydrogen-bond acceptors (Lipinski definition) is 3. The van der Waals surface area contributed by atoms with Crippen LogP contribution in [0.2, 0.25) is 0 Å². The number of fused-ring (bicyclic) bond motifs is 6. The fourth-order valence-electron chi connectivity index (χ4n) is 8.15. The molecule has 0 fully saturated rings. The number of hydrogen-bond donors (Lipinski definition) is 0. The maximum atomic E-state index is 5.28. The Bertz CT molecular complexity index is 3180. The molecule has 0 saturated carbocycles. The average Bonchev–Trinajstić information content (AvgIpc) is 3.83. The Hall–Kier alpha value is -7.14. The van der Waals surface area contributed by atoms with Gasteiger partial charge in [0.2, 0.25) is 0 Å². The van der Waals surface area contributed by atoms with Crippen LogP contribution >= 0.6 is 11.3 Å². The molecule has 0 aliphatic rings. The van der Waals surface area contributed by atoms with Crippen LogP contribution in [-0.2, 0) is 0 Å². The van der Waals surface area contributed by atoms with Crippen LogP contribution in [0, 0.1) is 0 Å². The normalized spacial score (nSPS) is 11.6. The minimum absolute atomic E-state index is 0.693. The predicted molar refractivity (Wildman–Crippen MR) is 236 cm³/mol. The van der Waals surface area contributed by atoms with Gasteiger partial charge in [0.25, 0.3) is 0 Å². The van der Waals surface area contributed by atoms with E-state index in [4.69, 9.17) is 9.97 Å². The number of aromatic nitrogens is 3. The highest BCUT2D eigenvalue weighted by atomic mass is 32.1. The number of thiophene rings is 1. The van der Waals surface area contributed by atoms with E-state index >= 15 is 0 Å². The Morgan fingerprint density at radius 2 is 0.946 bits per heavy atom. The van der Waals surface area contributed by atoms with Gasteiger partial charge in [-0.15, -0.1) is 11.3 Å². The van der Waals surface area contributed by atoms with Gasteiger partial charge in [-0.1, -0.05) is 140 Å². The molecule has 0 spiro atoms. The molecular formula is C52H33N3S. The Morgan fingerprint density at radius 3 is 1.70 bits per heavy atom. The molecule has 8 aromatic carbocycles. The van der Waals surface area contributed by atoms with Crippen molar-refractivity contribution in [1.29, 1.82) is 0 Å². The molecule has 3 heterocycles. The van der Waals surface area contributed by atoms with Crippen molar-refractivity contribution >= 4 is 53.3 Å². The lowest BCUT2D eigenvalue weighted by Crippen LogP contribution is -1.97. The molecule has 0 saturated heterocycles. The van der Waals surface area contributed by atoms with E-state index < -0.39 is 0 Å². The van der Waals surface area contributed by atoms with E-state index in [1.165, 1.54) is 47.5 Å². The van der Waals surface area contributed by atoms with Crippen molar-refractivity contribution in [1.82, 2.24) is 14.5 Å². The van der Waals surface area contributed by atoms with Crippen LogP contribution < -0.4 is 0 Å². The lowest BCUT2D eigenvalue weighted by atomic mass is 9.94. The Morgan fingerprint density at radius 1 is 0.357 bits per heavy atom. The second-order valence-electron chi connectivity index (χ2n) is 14.2. The summed E-state index contributed by atoms with van der Waals surface area (Å²) in [5, 5.41) is 5.01. The second-order valence-corrected chi connectivity index (χ2v) is 15.2. The van der Waals surface area contributed by atoms with Gasteiger partial charge < -0.3 is 4.57 Å². The first-order chi connectivity index (χ1) is 27.7. The van der Waals surface area contributed by atoms with Crippen molar-refractivity contribution < 1.29 is 0 Å². The molecule has 0 N–H and O–H groups in total. The SMILES string of the molecule is c1ccc(-c2cc(-c3ccccc3)nc(-c3cc(-c4ccc5c(c4)c4ccccc4n5-c4ccccc4)cc(-c4cccc5c4sc4ccccc45)c3)n2)cc1. The molecule has 3 nitrogen and oxygen atoms in total. The molecule has 4 heteroatoms. The van der Waals surface area contributed by atoms with Crippen LogP contribution in [0.25, 0.3) is 104 Å². The first kappa shape index (κ1) is 32.3. The summed E-state index contributed by atoms with van der Waals surface area (Å²) in [6.07, 6.45) is 0. The third kappa shape index (κ3) is 5.50. The molecule has 11 aromatic rings. The predicted octanol–water partition coefficient (Wildman–Crippen LogP) is 14.3. The van der Waals surface area contributed by atoms with Gasteiger partial charge in [-0.05, 0) is 82.9 Å². The lowest BCUT2D eigenvalue weighted by molar-refractivity contribution is 1.18. The van der Waals surface area contributed by atoms with E-state index in [-0.39, 0.29) is 0 Å². The number of nitrogens with zero attached hydrogens (tertiary/aromatic N) is 3. The number of benzene rings is 8. The zero-order valence-corrected chi connectivity index (χ0v) is 31.1. The lowest BCUT2D eigenvalue weighted by Gasteiger charge is -2.14. The van der Waals surface area contributed by atoms with Crippen molar-refractivity contribution in [3.8, 4) is 61.8 Å². The van der Waals surface area contributed by atoms with E-state index in [0.29, 0.717) is 5.82 Å². The summed E-state index contributed by atoms with van der Waals surface area (Å²) in [4.78, 5) is 10.6. The highest BCUT2D eigenvalue weighted by Gasteiger charge is 2.18. The van der Waals surface area contributed by atoms with Crippen molar-refractivity contribution in [2.24, 2.45) is 0 Å². The molecule has 0 radical (unpaired) electrons. The Labute approximate surface area is 328 Å². The van der Waals surface area contributed by atoms with Crippen LogP contribution in [0.1, 0.15) is 0 Å². The van der Waals surface area contributed by atoms with Crippen LogP contribution in [-0.4, -0.2) is 14.5 Å². The summed E-state index contributed by atoms with van der Waals surface area (Å²) < 4.78 is 4.94.